The summed E-state index contributed by atoms with van der Waals surface area (Å²) in [5.74, 6) is 1.75. The first-order valence-corrected chi connectivity index (χ1v) is 8.46. The van der Waals surface area contributed by atoms with Crippen molar-refractivity contribution in [3.05, 3.63) is 28.2 Å². The molecule has 0 spiro atoms. The number of benzene rings is 1. The Hall–Kier alpha value is -0.540. The van der Waals surface area contributed by atoms with Crippen LogP contribution < -0.4 is 10.1 Å². The van der Waals surface area contributed by atoms with Crippen molar-refractivity contribution in [2.45, 2.75) is 52.1 Å². The van der Waals surface area contributed by atoms with Crippen LogP contribution in [0.4, 0.5) is 0 Å². The molecule has 2 rings (SSSR count). The average molecular weight is 340 g/mol. The van der Waals surface area contributed by atoms with Crippen molar-refractivity contribution < 1.29 is 4.74 Å². The molecule has 1 aliphatic carbocycles. The van der Waals surface area contributed by atoms with Gasteiger partial charge in [-0.15, -0.1) is 0 Å². The third-order valence-corrected chi connectivity index (χ3v) is 4.53. The Labute approximate surface area is 131 Å². The molecule has 0 unspecified atom stereocenters. The fraction of sp³-hybridized carbons (Fsp3) is 0.647. The molecule has 0 radical (unpaired) electrons. The summed E-state index contributed by atoms with van der Waals surface area (Å²) in [5, 5.41) is 3.53. The summed E-state index contributed by atoms with van der Waals surface area (Å²) in [6, 6.07) is 6.27. The number of rotatable bonds is 7. The minimum absolute atomic E-state index is 0.0720. The quantitative estimate of drug-likeness (QED) is 0.727. The van der Waals surface area contributed by atoms with Crippen molar-refractivity contribution in [2.24, 2.45) is 5.92 Å². The van der Waals surface area contributed by atoms with Gasteiger partial charge in [-0.3, -0.25) is 0 Å². The van der Waals surface area contributed by atoms with E-state index in [1.165, 1.54) is 24.8 Å². The highest BCUT2D eigenvalue weighted by Crippen LogP contribution is 2.40. The summed E-state index contributed by atoms with van der Waals surface area (Å²) in [7, 11) is 0. The lowest BCUT2D eigenvalue weighted by Crippen LogP contribution is -2.45. The Balaban J connectivity index is 1.90. The Morgan fingerprint density at radius 3 is 2.65 bits per heavy atom. The Morgan fingerprint density at radius 1 is 1.35 bits per heavy atom. The zero-order valence-corrected chi connectivity index (χ0v) is 14.4. The number of hydrogen-bond donors (Lipinski definition) is 1. The van der Waals surface area contributed by atoms with Crippen molar-refractivity contribution in [1.29, 1.82) is 0 Å². The van der Waals surface area contributed by atoms with E-state index in [1.54, 1.807) is 0 Å². The number of hydrogen-bond acceptors (Lipinski definition) is 2. The zero-order valence-electron chi connectivity index (χ0n) is 12.8. The van der Waals surface area contributed by atoms with Crippen LogP contribution in [-0.4, -0.2) is 18.7 Å². The van der Waals surface area contributed by atoms with Crippen LogP contribution in [0.25, 0.3) is 0 Å². The van der Waals surface area contributed by atoms with E-state index in [1.807, 2.05) is 0 Å². The molecular formula is C17H26BrNO. The van der Waals surface area contributed by atoms with E-state index in [0.717, 1.165) is 29.7 Å². The second kappa shape index (κ2) is 6.95. The maximum Gasteiger partial charge on any atom is 0.123 e. The summed E-state index contributed by atoms with van der Waals surface area (Å²) in [6.07, 6.45) is 4.77. The van der Waals surface area contributed by atoms with E-state index in [-0.39, 0.29) is 5.60 Å². The van der Waals surface area contributed by atoms with Crippen LogP contribution in [0.15, 0.2) is 22.7 Å². The van der Waals surface area contributed by atoms with Crippen LogP contribution >= 0.6 is 15.9 Å². The van der Waals surface area contributed by atoms with Gasteiger partial charge in [-0.2, -0.15) is 0 Å². The summed E-state index contributed by atoms with van der Waals surface area (Å²) in [6.45, 7) is 8.74. The Morgan fingerprint density at radius 2 is 2.10 bits per heavy atom. The maximum absolute atomic E-state index is 6.37. The van der Waals surface area contributed by atoms with Crippen molar-refractivity contribution in [1.82, 2.24) is 5.32 Å². The molecule has 0 heterocycles. The fourth-order valence-electron chi connectivity index (χ4n) is 2.64. The van der Waals surface area contributed by atoms with E-state index in [4.69, 9.17) is 4.74 Å². The lowest BCUT2D eigenvalue weighted by molar-refractivity contribution is -0.0148. The van der Waals surface area contributed by atoms with Gasteiger partial charge in [0, 0.05) is 4.47 Å². The van der Waals surface area contributed by atoms with E-state index < -0.39 is 0 Å². The first kappa shape index (κ1) is 15.8. The van der Waals surface area contributed by atoms with Gasteiger partial charge in [-0.25, -0.2) is 0 Å². The molecule has 0 aliphatic heterocycles. The highest BCUT2D eigenvalue weighted by Gasteiger charge is 2.39. The first-order chi connectivity index (χ1) is 9.51. The summed E-state index contributed by atoms with van der Waals surface area (Å²) in [4.78, 5) is 0. The lowest BCUT2D eigenvalue weighted by Gasteiger charge is -2.42. The van der Waals surface area contributed by atoms with Crippen LogP contribution in [0.1, 0.15) is 45.1 Å². The molecule has 0 aromatic heterocycles. The summed E-state index contributed by atoms with van der Waals surface area (Å²) >= 11 is 3.51. The molecule has 112 valence electrons. The minimum atomic E-state index is 0.0720. The van der Waals surface area contributed by atoms with E-state index >= 15 is 0 Å². The fourth-order valence-corrected chi connectivity index (χ4v) is 3.12. The minimum Gasteiger partial charge on any atom is -0.487 e. The Kier molecular flexibility index (Phi) is 5.50. The maximum atomic E-state index is 6.37. The third kappa shape index (κ3) is 4.23. The molecule has 0 bridgehead atoms. The molecule has 20 heavy (non-hydrogen) atoms. The molecule has 0 saturated heterocycles. The van der Waals surface area contributed by atoms with E-state index in [2.05, 4.69) is 60.2 Å². The second-order valence-corrected chi connectivity index (χ2v) is 7.31. The van der Waals surface area contributed by atoms with E-state index in [0.29, 0.717) is 5.92 Å². The highest BCUT2D eigenvalue weighted by atomic mass is 79.9. The number of nitrogens with one attached hydrogen (secondary N) is 1. The van der Waals surface area contributed by atoms with Gasteiger partial charge in [-0.05, 0) is 75.4 Å². The predicted molar refractivity (Wildman–Crippen MR) is 88.4 cm³/mol. The summed E-state index contributed by atoms with van der Waals surface area (Å²) in [5.41, 5.74) is 1.28. The topological polar surface area (TPSA) is 21.3 Å². The molecule has 1 N–H and O–H groups in total. The molecule has 0 atom stereocenters. The van der Waals surface area contributed by atoms with Crippen LogP contribution in [0, 0.1) is 12.8 Å². The smallest absolute Gasteiger partial charge is 0.123 e. The van der Waals surface area contributed by atoms with E-state index in [9.17, 15) is 0 Å². The van der Waals surface area contributed by atoms with Crippen molar-refractivity contribution in [3.63, 3.8) is 0 Å². The van der Waals surface area contributed by atoms with Gasteiger partial charge in [0.05, 0.1) is 0 Å². The van der Waals surface area contributed by atoms with Gasteiger partial charge in [0.1, 0.15) is 11.4 Å². The van der Waals surface area contributed by atoms with Gasteiger partial charge >= 0.3 is 0 Å². The predicted octanol–water partition coefficient (Wildman–Crippen LogP) is 4.69. The van der Waals surface area contributed by atoms with Gasteiger partial charge in [0.25, 0.3) is 0 Å². The largest absolute Gasteiger partial charge is 0.487 e. The molecule has 2 nitrogen and oxygen atoms in total. The molecule has 1 aliphatic rings. The van der Waals surface area contributed by atoms with Crippen molar-refractivity contribution in [3.8, 4) is 5.75 Å². The first-order valence-electron chi connectivity index (χ1n) is 7.67. The molecule has 1 saturated carbocycles. The molecule has 1 aromatic carbocycles. The van der Waals surface area contributed by atoms with Crippen LogP contribution in [0.2, 0.25) is 0 Å². The zero-order chi connectivity index (χ0) is 14.6. The van der Waals surface area contributed by atoms with Gasteiger partial charge in [0.2, 0.25) is 0 Å². The number of aryl methyl sites for hydroxylation is 1. The van der Waals surface area contributed by atoms with Crippen LogP contribution in [0.5, 0.6) is 5.75 Å². The molecule has 0 amide bonds. The second-order valence-electron chi connectivity index (χ2n) is 6.40. The Bertz CT molecular complexity index is 441. The van der Waals surface area contributed by atoms with Crippen LogP contribution in [-0.2, 0) is 0 Å². The molecular weight excluding hydrogens is 314 g/mol. The molecule has 3 heteroatoms. The standard InChI is InChI=1S/C17H26BrNO/c1-13(2)12-19-10-9-17(7-4-8-17)20-16-6-5-15(18)11-14(16)3/h5-6,11,13,19H,4,7-10,12H2,1-3H3. The van der Waals surface area contributed by atoms with Gasteiger partial charge in [0.15, 0.2) is 0 Å². The average Bonchev–Trinajstić information content (AvgIpc) is 2.33. The normalized spacial score (nSPS) is 17.1. The summed E-state index contributed by atoms with van der Waals surface area (Å²) < 4.78 is 7.48. The third-order valence-electron chi connectivity index (χ3n) is 4.04. The van der Waals surface area contributed by atoms with Crippen molar-refractivity contribution in [2.75, 3.05) is 13.1 Å². The SMILES string of the molecule is Cc1cc(Br)ccc1OC1(CCNCC(C)C)CCC1. The number of ether oxygens (including phenoxy) is 1. The van der Waals surface area contributed by atoms with Gasteiger partial charge in [-0.1, -0.05) is 29.8 Å². The molecule has 1 aromatic rings. The highest BCUT2D eigenvalue weighted by molar-refractivity contribution is 9.10. The van der Waals surface area contributed by atoms with Gasteiger partial charge < -0.3 is 10.1 Å². The lowest BCUT2D eigenvalue weighted by atomic mass is 9.77. The monoisotopic (exact) mass is 339 g/mol. The molecule has 1 fully saturated rings. The number of halogens is 1. The van der Waals surface area contributed by atoms with Crippen LogP contribution in [0.3, 0.4) is 0 Å². The van der Waals surface area contributed by atoms with Crippen molar-refractivity contribution >= 4 is 15.9 Å².